The molecule has 0 aliphatic carbocycles. The van der Waals surface area contributed by atoms with Gasteiger partial charge in [0, 0.05) is 19.3 Å². The maximum atomic E-state index is 13.4. The lowest BCUT2D eigenvalue weighted by Gasteiger charge is -2.42. The Morgan fingerprint density at radius 1 is 0.966 bits per heavy atom. The van der Waals surface area contributed by atoms with Gasteiger partial charge in [0.2, 0.25) is 0 Å². The third kappa shape index (κ3) is 3.78. The van der Waals surface area contributed by atoms with Crippen molar-refractivity contribution in [3.8, 4) is 0 Å². The first-order chi connectivity index (χ1) is 14.1. The summed E-state index contributed by atoms with van der Waals surface area (Å²) in [5.74, 6) is -0.784. The smallest absolute Gasteiger partial charge is 0.255 e. The first-order valence-corrected chi connectivity index (χ1v) is 9.82. The minimum Gasteiger partial charge on any atom is -0.380 e. The first kappa shape index (κ1) is 19.3. The van der Waals surface area contributed by atoms with Crippen LogP contribution >= 0.6 is 0 Å². The zero-order valence-electron chi connectivity index (χ0n) is 16.0. The Kier molecular flexibility index (Phi) is 5.41. The molecule has 0 saturated carbocycles. The van der Waals surface area contributed by atoms with Crippen molar-refractivity contribution in [1.29, 1.82) is 0 Å². The van der Waals surface area contributed by atoms with Crippen molar-refractivity contribution in [2.24, 2.45) is 5.92 Å². The van der Waals surface area contributed by atoms with Gasteiger partial charge in [-0.3, -0.25) is 9.78 Å². The zero-order chi connectivity index (χ0) is 20.3. The van der Waals surface area contributed by atoms with Crippen LogP contribution in [0.5, 0.6) is 0 Å². The minimum atomic E-state index is -1.13. The normalized spacial score (nSPS) is 15.3. The number of hydrogen-bond donors (Lipinski definition) is 1. The van der Waals surface area contributed by atoms with E-state index in [1.54, 1.807) is 4.90 Å². The van der Waals surface area contributed by atoms with E-state index < -0.39 is 11.4 Å². The molecule has 0 unspecified atom stereocenters. The van der Waals surface area contributed by atoms with Crippen molar-refractivity contribution < 1.29 is 14.3 Å². The molecule has 0 spiro atoms. The van der Waals surface area contributed by atoms with Crippen LogP contribution in [0.25, 0.3) is 0 Å². The Hall–Kier alpha value is -3.05. The van der Waals surface area contributed by atoms with Gasteiger partial charge in [-0.2, -0.15) is 0 Å². The van der Waals surface area contributed by atoms with E-state index in [1.165, 1.54) is 12.3 Å². The Morgan fingerprint density at radius 3 is 2.03 bits per heavy atom. The fraction of sp³-hybridized carbons (Fsp3) is 0.250. The second-order valence-electron chi connectivity index (χ2n) is 7.46. The number of carbonyl (C=O) groups excluding carboxylic acids is 1. The van der Waals surface area contributed by atoms with E-state index in [0.29, 0.717) is 25.9 Å². The standard InChI is InChI=1S/C24H23FN2O2/c25-22-15-18(16-26-17-22)23(28)27-13-11-21(12-14-27)24(29,19-7-3-1-4-8-19)20-9-5-2-6-10-20/h1-10,15-17,21,29H,11-14H2. The molecule has 5 heteroatoms. The third-order valence-corrected chi connectivity index (χ3v) is 5.75. The second-order valence-corrected chi connectivity index (χ2v) is 7.46. The lowest BCUT2D eigenvalue weighted by Crippen LogP contribution is -2.46. The highest BCUT2D eigenvalue weighted by Gasteiger charge is 2.42. The lowest BCUT2D eigenvalue weighted by molar-refractivity contribution is -0.0122. The van der Waals surface area contributed by atoms with Gasteiger partial charge in [-0.1, -0.05) is 60.7 Å². The van der Waals surface area contributed by atoms with Crippen LogP contribution in [-0.4, -0.2) is 34.0 Å². The maximum Gasteiger partial charge on any atom is 0.255 e. The summed E-state index contributed by atoms with van der Waals surface area (Å²) in [6.45, 7) is 1.00. The Labute approximate surface area is 169 Å². The summed E-state index contributed by atoms with van der Waals surface area (Å²) in [6, 6.07) is 20.6. The molecule has 2 heterocycles. The molecule has 1 aliphatic heterocycles. The Morgan fingerprint density at radius 2 is 1.52 bits per heavy atom. The molecule has 148 valence electrons. The fourth-order valence-electron chi connectivity index (χ4n) is 4.23. The van der Waals surface area contributed by atoms with Crippen LogP contribution in [0.15, 0.2) is 79.1 Å². The Bertz CT molecular complexity index is 931. The van der Waals surface area contributed by atoms with Crippen LogP contribution in [0, 0.1) is 11.7 Å². The first-order valence-electron chi connectivity index (χ1n) is 9.82. The number of hydrogen-bond acceptors (Lipinski definition) is 3. The molecule has 1 amide bonds. The lowest BCUT2D eigenvalue weighted by atomic mass is 9.72. The van der Waals surface area contributed by atoms with Gasteiger partial charge >= 0.3 is 0 Å². The summed E-state index contributed by atoms with van der Waals surface area (Å²) >= 11 is 0. The fourth-order valence-corrected chi connectivity index (χ4v) is 4.23. The molecule has 1 saturated heterocycles. The van der Waals surface area contributed by atoms with Crippen molar-refractivity contribution in [2.75, 3.05) is 13.1 Å². The maximum absolute atomic E-state index is 13.4. The number of amides is 1. The van der Waals surface area contributed by atoms with E-state index in [9.17, 15) is 14.3 Å². The number of pyridine rings is 1. The molecule has 4 nitrogen and oxygen atoms in total. The third-order valence-electron chi connectivity index (χ3n) is 5.75. The number of nitrogens with zero attached hydrogens (tertiary/aromatic N) is 2. The van der Waals surface area contributed by atoms with E-state index in [4.69, 9.17) is 0 Å². The number of aromatic nitrogens is 1. The zero-order valence-corrected chi connectivity index (χ0v) is 16.0. The van der Waals surface area contributed by atoms with Crippen molar-refractivity contribution in [3.05, 3.63) is 102 Å². The van der Waals surface area contributed by atoms with Crippen LogP contribution in [0.1, 0.15) is 34.3 Å². The molecule has 2 aromatic carbocycles. The molecule has 1 N–H and O–H groups in total. The van der Waals surface area contributed by atoms with Gasteiger partial charge in [0.25, 0.3) is 5.91 Å². The largest absolute Gasteiger partial charge is 0.380 e. The van der Waals surface area contributed by atoms with Gasteiger partial charge in [-0.25, -0.2) is 4.39 Å². The second kappa shape index (κ2) is 8.13. The minimum absolute atomic E-state index is 0.0398. The summed E-state index contributed by atoms with van der Waals surface area (Å²) in [5, 5.41) is 11.9. The molecule has 29 heavy (non-hydrogen) atoms. The van der Waals surface area contributed by atoms with Gasteiger partial charge in [-0.15, -0.1) is 0 Å². The van der Waals surface area contributed by atoms with Crippen LogP contribution in [-0.2, 0) is 5.60 Å². The molecule has 1 aromatic heterocycles. The van der Waals surface area contributed by atoms with Crippen molar-refractivity contribution in [2.45, 2.75) is 18.4 Å². The van der Waals surface area contributed by atoms with E-state index in [0.717, 1.165) is 17.3 Å². The number of rotatable bonds is 4. The van der Waals surface area contributed by atoms with Gasteiger partial charge < -0.3 is 10.0 Å². The highest BCUT2D eigenvalue weighted by Crippen LogP contribution is 2.42. The monoisotopic (exact) mass is 390 g/mol. The van der Waals surface area contributed by atoms with Crippen molar-refractivity contribution in [1.82, 2.24) is 9.88 Å². The van der Waals surface area contributed by atoms with Crippen LogP contribution in [0.2, 0.25) is 0 Å². The van der Waals surface area contributed by atoms with E-state index in [2.05, 4.69) is 4.98 Å². The van der Waals surface area contributed by atoms with Gasteiger partial charge in [0.15, 0.2) is 0 Å². The van der Waals surface area contributed by atoms with E-state index in [1.807, 2.05) is 60.7 Å². The highest BCUT2D eigenvalue weighted by atomic mass is 19.1. The summed E-state index contributed by atoms with van der Waals surface area (Å²) in [5.41, 5.74) is 0.832. The average Bonchev–Trinajstić information content (AvgIpc) is 2.79. The number of carbonyl (C=O) groups is 1. The topological polar surface area (TPSA) is 53.4 Å². The summed E-state index contributed by atoms with van der Waals surface area (Å²) in [7, 11) is 0. The van der Waals surface area contributed by atoms with Gasteiger partial charge in [0.1, 0.15) is 11.4 Å². The number of likely N-dealkylation sites (tertiary alicyclic amines) is 1. The predicted molar refractivity (Wildman–Crippen MR) is 109 cm³/mol. The molecule has 0 atom stereocenters. The predicted octanol–water partition coefficient (Wildman–Crippen LogP) is 4.01. The summed E-state index contributed by atoms with van der Waals surface area (Å²) in [6.07, 6.45) is 3.77. The molecule has 1 fully saturated rings. The molecular weight excluding hydrogens is 367 g/mol. The van der Waals surface area contributed by atoms with E-state index >= 15 is 0 Å². The summed E-state index contributed by atoms with van der Waals surface area (Å²) < 4.78 is 13.4. The molecular formula is C24H23FN2O2. The number of benzene rings is 2. The molecule has 0 radical (unpaired) electrons. The number of piperidine rings is 1. The molecule has 4 rings (SSSR count). The highest BCUT2D eigenvalue weighted by molar-refractivity contribution is 5.93. The van der Waals surface area contributed by atoms with E-state index in [-0.39, 0.29) is 17.4 Å². The number of halogens is 1. The van der Waals surface area contributed by atoms with Crippen LogP contribution in [0.3, 0.4) is 0 Å². The Balaban J connectivity index is 1.57. The molecule has 1 aliphatic rings. The molecule has 0 bridgehead atoms. The van der Waals surface area contributed by atoms with Gasteiger partial charge in [0.05, 0.1) is 11.8 Å². The number of aliphatic hydroxyl groups is 1. The summed E-state index contributed by atoms with van der Waals surface area (Å²) in [4.78, 5) is 18.2. The van der Waals surface area contributed by atoms with Crippen LogP contribution in [0.4, 0.5) is 4.39 Å². The SMILES string of the molecule is O=C(c1cncc(F)c1)N1CCC(C(O)(c2ccccc2)c2ccccc2)CC1. The van der Waals surface area contributed by atoms with Crippen LogP contribution < -0.4 is 0 Å². The average molecular weight is 390 g/mol. The van der Waals surface area contributed by atoms with Crippen molar-refractivity contribution in [3.63, 3.8) is 0 Å². The quantitative estimate of drug-likeness (QED) is 0.732. The molecule has 3 aromatic rings. The van der Waals surface area contributed by atoms with Crippen molar-refractivity contribution >= 4 is 5.91 Å². The van der Waals surface area contributed by atoms with Gasteiger partial charge in [-0.05, 0) is 36.0 Å².